The van der Waals surface area contributed by atoms with Crippen molar-refractivity contribution in [2.24, 2.45) is 5.73 Å². The first-order valence-electron chi connectivity index (χ1n) is 4.59. The predicted octanol–water partition coefficient (Wildman–Crippen LogP) is 1.09. The quantitative estimate of drug-likeness (QED) is 0.562. The number of aldehydes is 1. The monoisotopic (exact) mass is 201 g/mol. The van der Waals surface area contributed by atoms with E-state index in [0.29, 0.717) is 29.7 Å². The van der Waals surface area contributed by atoms with E-state index in [2.05, 4.69) is 4.98 Å². The number of nitrogen functional groups attached to an aromatic ring is 1. The van der Waals surface area contributed by atoms with Crippen LogP contribution in [0, 0.1) is 0 Å². The molecule has 2 rings (SSSR count). The van der Waals surface area contributed by atoms with Gasteiger partial charge in [0.25, 0.3) is 0 Å². The van der Waals surface area contributed by atoms with Crippen LogP contribution in [0.4, 0.5) is 5.69 Å². The van der Waals surface area contributed by atoms with E-state index in [4.69, 9.17) is 11.5 Å². The first-order valence-corrected chi connectivity index (χ1v) is 4.59. The Kier molecular flexibility index (Phi) is 2.35. The van der Waals surface area contributed by atoms with Gasteiger partial charge < -0.3 is 11.5 Å². The number of fused-ring (bicyclic) bond motifs is 1. The first kappa shape index (κ1) is 9.61. The van der Waals surface area contributed by atoms with E-state index < -0.39 is 0 Å². The lowest BCUT2D eigenvalue weighted by molar-refractivity contribution is 0.111. The van der Waals surface area contributed by atoms with Gasteiger partial charge in [-0.05, 0) is 17.7 Å². The largest absolute Gasteiger partial charge is 0.397 e. The molecule has 0 bridgehead atoms. The molecule has 0 spiro atoms. The minimum atomic E-state index is 0.362. The fraction of sp³-hybridized carbons (Fsp3) is 0.0909. The second-order valence-corrected chi connectivity index (χ2v) is 3.27. The predicted molar refractivity (Wildman–Crippen MR) is 59.4 cm³/mol. The van der Waals surface area contributed by atoms with Gasteiger partial charge in [-0.3, -0.25) is 4.79 Å². The number of nitrogens with zero attached hydrogens (tertiary/aromatic N) is 1. The molecule has 2 aromatic rings. The lowest BCUT2D eigenvalue weighted by Crippen LogP contribution is -2.02. The summed E-state index contributed by atoms with van der Waals surface area (Å²) in [6.07, 6.45) is 0.699. The highest BCUT2D eigenvalue weighted by Gasteiger charge is 2.06. The summed E-state index contributed by atoms with van der Waals surface area (Å²) in [6, 6.07) is 7.19. The number of hydrogen-bond acceptors (Lipinski definition) is 4. The normalized spacial score (nSPS) is 10.5. The van der Waals surface area contributed by atoms with Crippen LogP contribution >= 0.6 is 0 Å². The minimum Gasteiger partial charge on any atom is -0.397 e. The van der Waals surface area contributed by atoms with Crippen molar-refractivity contribution < 1.29 is 4.79 Å². The molecule has 0 unspecified atom stereocenters. The van der Waals surface area contributed by atoms with Crippen molar-refractivity contribution in [1.82, 2.24) is 4.98 Å². The van der Waals surface area contributed by atoms with Crippen LogP contribution in [0.2, 0.25) is 0 Å². The van der Waals surface area contributed by atoms with Gasteiger partial charge >= 0.3 is 0 Å². The van der Waals surface area contributed by atoms with Gasteiger partial charge in [0.05, 0.1) is 11.2 Å². The Morgan fingerprint density at radius 1 is 1.40 bits per heavy atom. The highest BCUT2D eigenvalue weighted by Crippen LogP contribution is 2.22. The van der Waals surface area contributed by atoms with E-state index in [0.717, 1.165) is 10.9 Å². The van der Waals surface area contributed by atoms with Crippen LogP contribution in [0.5, 0.6) is 0 Å². The number of carbonyl (C=O) groups excluding carboxylic acids is 1. The molecule has 0 aliphatic carbocycles. The number of hydrogen-bond donors (Lipinski definition) is 2. The zero-order chi connectivity index (χ0) is 10.8. The molecule has 0 saturated carbocycles. The van der Waals surface area contributed by atoms with Crippen molar-refractivity contribution in [3.05, 3.63) is 35.5 Å². The maximum absolute atomic E-state index is 10.7. The number of para-hydroxylation sites is 1. The molecule has 0 aliphatic heterocycles. The van der Waals surface area contributed by atoms with Crippen LogP contribution in [-0.2, 0) is 6.54 Å². The molecule has 4 N–H and O–H groups in total. The lowest BCUT2D eigenvalue weighted by Gasteiger charge is -2.06. The summed E-state index contributed by atoms with van der Waals surface area (Å²) in [5, 5.41) is 0.906. The minimum absolute atomic E-state index is 0.362. The van der Waals surface area contributed by atoms with E-state index in [1.807, 2.05) is 12.1 Å². The summed E-state index contributed by atoms with van der Waals surface area (Å²) >= 11 is 0. The SMILES string of the molecule is NCc1cc(C=O)nc2c(N)cccc12. The van der Waals surface area contributed by atoms with E-state index in [9.17, 15) is 4.79 Å². The Morgan fingerprint density at radius 2 is 2.20 bits per heavy atom. The third-order valence-corrected chi connectivity index (χ3v) is 2.32. The molecule has 0 radical (unpaired) electrons. The number of aromatic nitrogens is 1. The number of rotatable bonds is 2. The Balaban J connectivity index is 2.86. The Hall–Kier alpha value is -1.94. The molecule has 4 heteroatoms. The highest BCUT2D eigenvalue weighted by atomic mass is 16.1. The summed E-state index contributed by atoms with van der Waals surface area (Å²) in [4.78, 5) is 14.8. The molecule has 15 heavy (non-hydrogen) atoms. The Bertz CT molecular complexity index is 522. The summed E-state index contributed by atoms with van der Waals surface area (Å²) in [6.45, 7) is 0.364. The van der Waals surface area contributed by atoms with E-state index in [1.165, 1.54) is 0 Å². The molecule has 76 valence electrons. The zero-order valence-corrected chi connectivity index (χ0v) is 8.10. The van der Waals surface area contributed by atoms with Crippen molar-refractivity contribution in [3.8, 4) is 0 Å². The Labute approximate surface area is 86.9 Å². The summed E-state index contributed by atoms with van der Waals surface area (Å²) in [5.41, 5.74) is 13.8. The first-order chi connectivity index (χ1) is 7.26. The summed E-state index contributed by atoms with van der Waals surface area (Å²) < 4.78 is 0. The fourth-order valence-corrected chi connectivity index (χ4v) is 1.59. The van der Waals surface area contributed by atoms with Gasteiger partial charge in [-0.1, -0.05) is 12.1 Å². The summed E-state index contributed by atoms with van der Waals surface area (Å²) in [7, 11) is 0. The van der Waals surface area contributed by atoms with Crippen molar-refractivity contribution in [1.29, 1.82) is 0 Å². The van der Waals surface area contributed by atoms with Gasteiger partial charge in [0.2, 0.25) is 0 Å². The molecule has 4 nitrogen and oxygen atoms in total. The standard InChI is InChI=1S/C11H11N3O/c12-5-7-4-8(6-15)14-11-9(7)2-1-3-10(11)13/h1-4,6H,5,12-13H2. The number of benzene rings is 1. The second kappa shape index (κ2) is 3.67. The van der Waals surface area contributed by atoms with E-state index in [-0.39, 0.29) is 0 Å². The van der Waals surface area contributed by atoms with E-state index in [1.54, 1.807) is 12.1 Å². The van der Waals surface area contributed by atoms with Crippen molar-refractivity contribution in [2.45, 2.75) is 6.54 Å². The molecular formula is C11H11N3O. The van der Waals surface area contributed by atoms with Gasteiger partial charge in [-0.2, -0.15) is 0 Å². The van der Waals surface area contributed by atoms with Crippen LogP contribution in [0.15, 0.2) is 24.3 Å². The molecule has 1 heterocycles. The average molecular weight is 201 g/mol. The number of carbonyl (C=O) groups is 1. The van der Waals surface area contributed by atoms with Crippen LogP contribution in [0.3, 0.4) is 0 Å². The smallest absolute Gasteiger partial charge is 0.168 e. The zero-order valence-electron chi connectivity index (χ0n) is 8.10. The number of pyridine rings is 1. The van der Waals surface area contributed by atoms with Gasteiger partial charge in [-0.25, -0.2) is 4.98 Å². The van der Waals surface area contributed by atoms with Crippen LogP contribution in [-0.4, -0.2) is 11.3 Å². The molecule has 0 amide bonds. The van der Waals surface area contributed by atoms with Crippen LogP contribution in [0.1, 0.15) is 16.1 Å². The van der Waals surface area contributed by atoms with Crippen molar-refractivity contribution in [3.63, 3.8) is 0 Å². The van der Waals surface area contributed by atoms with Crippen molar-refractivity contribution >= 4 is 22.9 Å². The summed E-state index contributed by atoms with van der Waals surface area (Å²) in [5.74, 6) is 0. The molecule has 0 atom stereocenters. The molecular weight excluding hydrogens is 190 g/mol. The van der Waals surface area contributed by atoms with Gasteiger partial charge in [-0.15, -0.1) is 0 Å². The number of nitrogens with two attached hydrogens (primary N) is 2. The van der Waals surface area contributed by atoms with Crippen LogP contribution in [0.25, 0.3) is 10.9 Å². The van der Waals surface area contributed by atoms with Crippen LogP contribution < -0.4 is 11.5 Å². The lowest BCUT2D eigenvalue weighted by atomic mass is 10.1. The van der Waals surface area contributed by atoms with Gasteiger partial charge in [0.1, 0.15) is 5.69 Å². The van der Waals surface area contributed by atoms with Gasteiger partial charge in [0, 0.05) is 11.9 Å². The van der Waals surface area contributed by atoms with E-state index >= 15 is 0 Å². The number of anilines is 1. The third kappa shape index (κ3) is 1.55. The maximum Gasteiger partial charge on any atom is 0.168 e. The topological polar surface area (TPSA) is 82.0 Å². The third-order valence-electron chi connectivity index (χ3n) is 2.32. The molecule has 1 aromatic carbocycles. The highest BCUT2D eigenvalue weighted by molar-refractivity contribution is 5.93. The molecule has 0 saturated heterocycles. The molecule has 0 aliphatic rings. The van der Waals surface area contributed by atoms with Crippen molar-refractivity contribution in [2.75, 3.05) is 5.73 Å². The Morgan fingerprint density at radius 3 is 2.87 bits per heavy atom. The van der Waals surface area contributed by atoms with Gasteiger partial charge in [0.15, 0.2) is 6.29 Å². The second-order valence-electron chi connectivity index (χ2n) is 3.27. The molecule has 0 fully saturated rings. The molecule has 1 aromatic heterocycles. The fourth-order valence-electron chi connectivity index (χ4n) is 1.59. The average Bonchev–Trinajstić information content (AvgIpc) is 2.28. The maximum atomic E-state index is 10.7.